The molecule has 0 aromatic heterocycles. The molecule has 3 aliphatic heterocycles. The molecule has 0 amide bonds. The van der Waals surface area contributed by atoms with Crippen molar-refractivity contribution in [1.82, 2.24) is 0 Å². The number of hydrogen-bond donors (Lipinski definition) is 0. The van der Waals surface area contributed by atoms with Gasteiger partial charge in [0.1, 0.15) is 11.5 Å². The summed E-state index contributed by atoms with van der Waals surface area (Å²) in [4.78, 5) is 0. The van der Waals surface area contributed by atoms with Crippen LogP contribution in [0.25, 0.3) is 0 Å². The Morgan fingerprint density at radius 3 is 3.12 bits per heavy atom. The number of ether oxygens (including phenoxy) is 4. The highest BCUT2D eigenvalue weighted by Crippen LogP contribution is 2.57. The van der Waals surface area contributed by atoms with Crippen molar-refractivity contribution >= 4 is 0 Å². The maximum Gasteiger partial charge on any atom is 0.157 e. The second kappa shape index (κ2) is 6.32. The van der Waals surface area contributed by atoms with Gasteiger partial charge in [0.05, 0.1) is 18.1 Å². The Kier molecular flexibility index (Phi) is 4.00. The zero-order valence-corrected chi connectivity index (χ0v) is 14.1. The first-order chi connectivity index (χ1) is 11.9. The molecule has 5 aliphatic rings. The number of rotatable bonds is 6. The minimum atomic E-state index is 0.0403. The summed E-state index contributed by atoms with van der Waals surface area (Å²) in [5.41, 5.74) is 1.45. The molecule has 4 heteroatoms. The van der Waals surface area contributed by atoms with Crippen LogP contribution in [0.3, 0.4) is 0 Å². The molecule has 24 heavy (non-hydrogen) atoms. The Hall–Kier alpha value is -1.10. The Labute approximate surface area is 143 Å². The molecule has 2 fully saturated rings. The van der Waals surface area contributed by atoms with Crippen LogP contribution in [0.1, 0.15) is 44.9 Å². The molecular formula is C20H26O4. The van der Waals surface area contributed by atoms with Gasteiger partial charge in [0.25, 0.3) is 0 Å². The number of hydrogen-bond acceptors (Lipinski definition) is 4. The fourth-order valence-electron chi connectivity index (χ4n) is 4.68. The van der Waals surface area contributed by atoms with Crippen LogP contribution in [-0.2, 0) is 18.9 Å². The normalized spacial score (nSPS) is 39.2. The van der Waals surface area contributed by atoms with Crippen LogP contribution >= 0.6 is 0 Å². The van der Waals surface area contributed by atoms with Crippen LogP contribution < -0.4 is 0 Å². The average Bonchev–Trinajstić information content (AvgIpc) is 3.12. The fourth-order valence-corrected chi connectivity index (χ4v) is 4.68. The maximum absolute atomic E-state index is 6.36. The third-order valence-electron chi connectivity index (χ3n) is 5.95. The van der Waals surface area contributed by atoms with Gasteiger partial charge in [0.2, 0.25) is 0 Å². The summed E-state index contributed by atoms with van der Waals surface area (Å²) >= 11 is 0. The lowest BCUT2D eigenvalue weighted by molar-refractivity contribution is -0.162. The van der Waals surface area contributed by atoms with Crippen molar-refractivity contribution < 1.29 is 18.9 Å². The van der Waals surface area contributed by atoms with Crippen molar-refractivity contribution in [3.05, 3.63) is 35.3 Å². The number of unbranched alkanes of at least 4 members (excludes halogenated alkanes) is 1. The molecule has 5 rings (SSSR count). The number of fused-ring (bicyclic) bond motifs is 4. The van der Waals surface area contributed by atoms with E-state index in [1.54, 1.807) is 0 Å². The summed E-state index contributed by atoms with van der Waals surface area (Å²) in [6.45, 7) is 1.66. The second-order valence-corrected chi connectivity index (χ2v) is 7.54. The highest BCUT2D eigenvalue weighted by Gasteiger charge is 2.57. The molecule has 0 spiro atoms. The van der Waals surface area contributed by atoms with Crippen molar-refractivity contribution in [3.8, 4) is 0 Å². The Bertz CT molecular complexity index is 584. The molecule has 2 aliphatic carbocycles. The molecule has 130 valence electrons. The van der Waals surface area contributed by atoms with Gasteiger partial charge in [-0.15, -0.1) is 0 Å². The van der Waals surface area contributed by atoms with Crippen LogP contribution in [0.15, 0.2) is 35.3 Å². The number of allylic oxidation sites excluding steroid dienone is 2. The van der Waals surface area contributed by atoms with Gasteiger partial charge in [-0.2, -0.15) is 0 Å². The fraction of sp³-hybridized carbons (Fsp3) is 0.700. The Balaban J connectivity index is 1.08. The van der Waals surface area contributed by atoms with Gasteiger partial charge in [-0.1, -0.05) is 18.2 Å². The minimum Gasteiger partial charge on any atom is -0.458 e. The van der Waals surface area contributed by atoms with E-state index in [0.29, 0.717) is 17.9 Å². The largest absolute Gasteiger partial charge is 0.458 e. The summed E-state index contributed by atoms with van der Waals surface area (Å²) in [7, 11) is 0. The Morgan fingerprint density at radius 1 is 1.21 bits per heavy atom. The molecule has 3 heterocycles. The maximum atomic E-state index is 6.36. The van der Waals surface area contributed by atoms with E-state index in [2.05, 4.69) is 18.2 Å². The summed E-state index contributed by atoms with van der Waals surface area (Å²) in [5, 5.41) is 0. The minimum absolute atomic E-state index is 0.0403. The van der Waals surface area contributed by atoms with Crippen molar-refractivity contribution in [1.29, 1.82) is 0 Å². The van der Waals surface area contributed by atoms with Gasteiger partial charge in [0.15, 0.2) is 6.29 Å². The van der Waals surface area contributed by atoms with E-state index in [-0.39, 0.29) is 12.4 Å². The van der Waals surface area contributed by atoms with Crippen molar-refractivity contribution in [3.63, 3.8) is 0 Å². The first-order valence-electron chi connectivity index (χ1n) is 9.57. The first kappa shape index (κ1) is 15.2. The molecule has 0 saturated carbocycles. The van der Waals surface area contributed by atoms with E-state index in [1.165, 1.54) is 29.9 Å². The van der Waals surface area contributed by atoms with Crippen LogP contribution in [0.4, 0.5) is 0 Å². The molecule has 0 N–H and O–H groups in total. The topological polar surface area (TPSA) is 40.2 Å². The second-order valence-electron chi connectivity index (χ2n) is 7.54. The van der Waals surface area contributed by atoms with Gasteiger partial charge in [-0.3, -0.25) is 0 Å². The standard InChI is InChI=1S/C20H26O4/c1(3-10-21-17-9-2-4-11-22-17)6-13-7-5-8-14-18-15(23-19(13)14)12-16-20(18)24-16/h5,7-8,14-15,17-19H,1-4,6,9-12H2. The van der Waals surface area contributed by atoms with E-state index in [4.69, 9.17) is 18.9 Å². The van der Waals surface area contributed by atoms with Crippen molar-refractivity contribution in [2.24, 2.45) is 11.8 Å². The SMILES string of the molecule is C1=CC2C(OC3CC4=C(O4)C32)C(CCCCOC2CCCCO2)=C1. The average molecular weight is 330 g/mol. The van der Waals surface area contributed by atoms with E-state index >= 15 is 0 Å². The first-order valence-corrected chi connectivity index (χ1v) is 9.57. The van der Waals surface area contributed by atoms with Gasteiger partial charge >= 0.3 is 0 Å². The van der Waals surface area contributed by atoms with Crippen LogP contribution in [0.2, 0.25) is 0 Å². The van der Waals surface area contributed by atoms with Gasteiger partial charge in [0, 0.05) is 25.6 Å². The summed E-state index contributed by atoms with van der Waals surface area (Å²) < 4.78 is 23.4. The van der Waals surface area contributed by atoms with Gasteiger partial charge in [-0.05, 0) is 44.1 Å². The molecule has 4 nitrogen and oxygen atoms in total. The van der Waals surface area contributed by atoms with Crippen LogP contribution in [-0.4, -0.2) is 31.7 Å². The summed E-state index contributed by atoms with van der Waals surface area (Å²) in [6.07, 6.45) is 15.3. The predicted molar refractivity (Wildman–Crippen MR) is 89.0 cm³/mol. The van der Waals surface area contributed by atoms with Crippen molar-refractivity contribution in [2.45, 2.75) is 63.4 Å². The van der Waals surface area contributed by atoms with E-state index in [0.717, 1.165) is 45.3 Å². The lowest BCUT2D eigenvalue weighted by Gasteiger charge is -2.24. The molecule has 0 bridgehead atoms. The molecule has 5 unspecified atom stereocenters. The van der Waals surface area contributed by atoms with Gasteiger partial charge in [-0.25, -0.2) is 0 Å². The smallest absolute Gasteiger partial charge is 0.157 e. The highest BCUT2D eigenvalue weighted by molar-refractivity contribution is 5.38. The highest BCUT2D eigenvalue weighted by atomic mass is 16.7. The molecule has 0 aromatic rings. The quantitative estimate of drug-likeness (QED) is 0.694. The lowest BCUT2D eigenvalue weighted by atomic mass is 9.81. The third-order valence-corrected chi connectivity index (χ3v) is 5.95. The molecule has 5 atom stereocenters. The molecule has 2 saturated heterocycles. The van der Waals surface area contributed by atoms with Gasteiger partial charge < -0.3 is 18.9 Å². The monoisotopic (exact) mass is 330 g/mol. The van der Waals surface area contributed by atoms with E-state index in [9.17, 15) is 0 Å². The third kappa shape index (κ3) is 2.75. The molecular weight excluding hydrogens is 304 g/mol. The van der Waals surface area contributed by atoms with Crippen LogP contribution in [0.5, 0.6) is 0 Å². The lowest BCUT2D eigenvalue weighted by Crippen LogP contribution is -2.23. The van der Waals surface area contributed by atoms with E-state index in [1.807, 2.05) is 0 Å². The Morgan fingerprint density at radius 2 is 2.21 bits per heavy atom. The van der Waals surface area contributed by atoms with E-state index < -0.39 is 0 Å². The zero-order chi connectivity index (χ0) is 15.9. The van der Waals surface area contributed by atoms with Crippen molar-refractivity contribution in [2.75, 3.05) is 13.2 Å². The summed E-state index contributed by atoms with van der Waals surface area (Å²) in [5.74, 6) is 3.41. The predicted octanol–water partition coefficient (Wildman–Crippen LogP) is 3.84. The van der Waals surface area contributed by atoms with Crippen LogP contribution in [0, 0.1) is 11.8 Å². The summed E-state index contributed by atoms with van der Waals surface area (Å²) in [6, 6.07) is 0. The molecule has 0 radical (unpaired) electrons. The zero-order valence-electron chi connectivity index (χ0n) is 14.1. The molecule has 0 aromatic carbocycles.